The Bertz CT molecular complexity index is 708. The number of halogens is 1. The van der Waals surface area contributed by atoms with Crippen molar-refractivity contribution in [2.45, 2.75) is 38.1 Å². The van der Waals surface area contributed by atoms with Crippen molar-refractivity contribution in [1.29, 1.82) is 0 Å². The van der Waals surface area contributed by atoms with E-state index in [1.807, 2.05) is 12.1 Å². The lowest BCUT2D eigenvalue weighted by atomic mass is 9.89. The van der Waals surface area contributed by atoms with Crippen molar-refractivity contribution < 1.29 is 0 Å². The summed E-state index contributed by atoms with van der Waals surface area (Å²) in [6.45, 7) is 4.31. The first-order valence-electron chi connectivity index (χ1n) is 7.90. The zero-order valence-electron chi connectivity index (χ0n) is 13.4. The Kier molecular flexibility index (Phi) is 4.74. The van der Waals surface area contributed by atoms with Gasteiger partial charge in [0.2, 0.25) is 0 Å². The number of rotatable bonds is 4. The van der Waals surface area contributed by atoms with Gasteiger partial charge in [-0.3, -0.25) is 0 Å². The van der Waals surface area contributed by atoms with Crippen molar-refractivity contribution in [2.75, 3.05) is 5.32 Å². The standard InChI is InChI=1S/C19H21BrN2S/c1-13-5-3-4-6-17(13)22-18(23)21-14(2)19(11-12-19)15-7-9-16(20)10-8-15/h3-10,14H,11-12H2,1-2H3,(H2,21,22,23). The molecule has 3 rings (SSSR count). The van der Waals surface area contributed by atoms with Crippen LogP contribution in [0.1, 0.15) is 30.9 Å². The number of hydrogen-bond donors (Lipinski definition) is 2. The first kappa shape index (κ1) is 16.5. The van der Waals surface area contributed by atoms with Crippen LogP contribution in [0.4, 0.5) is 5.69 Å². The van der Waals surface area contributed by atoms with Gasteiger partial charge in [0, 0.05) is 21.6 Å². The number of anilines is 1. The Balaban J connectivity index is 1.67. The van der Waals surface area contributed by atoms with E-state index in [4.69, 9.17) is 12.2 Å². The number of nitrogens with one attached hydrogen (secondary N) is 2. The first-order valence-corrected chi connectivity index (χ1v) is 9.10. The molecule has 1 fully saturated rings. The molecule has 23 heavy (non-hydrogen) atoms. The van der Waals surface area contributed by atoms with Gasteiger partial charge in [0.25, 0.3) is 0 Å². The number of thiocarbonyl (C=S) groups is 1. The van der Waals surface area contributed by atoms with E-state index < -0.39 is 0 Å². The molecule has 1 aliphatic carbocycles. The zero-order valence-corrected chi connectivity index (χ0v) is 15.8. The SMILES string of the molecule is Cc1ccccc1NC(=S)NC(C)C1(c2ccc(Br)cc2)CC1. The first-order chi connectivity index (χ1) is 11.0. The van der Waals surface area contributed by atoms with Crippen molar-refractivity contribution in [2.24, 2.45) is 0 Å². The summed E-state index contributed by atoms with van der Waals surface area (Å²) in [7, 11) is 0. The molecule has 2 N–H and O–H groups in total. The van der Waals surface area contributed by atoms with Crippen LogP contribution in [0.3, 0.4) is 0 Å². The number of hydrogen-bond acceptors (Lipinski definition) is 1. The molecule has 0 spiro atoms. The molecule has 2 aromatic rings. The predicted octanol–water partition coefficient (Wildman–Crippen LogP) is 5.16. The Morgan fingerprint density at radius 2 is 1.78 bits per heavy atom. The van der Waals surface area contributed by atoms with Gasteiger partial charge in [-0.05, 0) is 68.2 Å². The van der Waals surface area contributed by atoms with Crippen LogP contribution in [0.15, 0.2) is 53.0 Å². The minimum Gasteiger partial charge on any atom is -0.359 e. The number of para-hydroxylation sites is 1. The maximum Gasteiger partial charge on any atom is 0.171 e. The van der Waals surface area contributed by atoms with Gasteiger partial charge in [-0.2, -0.15) is 0 Å². The molecule has 2 nitrogen and oxygen atoms in total. The van der Waals surface area contributed by atoms with Crippen LogP contribution in [0.5, 0.6) is 0 Å². The maximum absolute atomic E-state index is 5.51. The van der Waals surface area contributed by atoms with Gasteiger partial charge in [-0.1, -0.05) is 46.3 Å². The monoisotopic (exact) mass is 388 g/mol. The number of aryl methyl sites for hydroxylation is 1. The normalized spacial score (nSPS) is 16.5. The van der Waals surface area contributed by atoms with Crippen LogP contribution in [0.2, 0.25) is 0 Å². The van der Waals surface area contributed by atoms with Gasteiger partial charge in [0.05, 0.1) is 0 Å². The molecular weight excluding hydrogens is 368 g/mol. The lowest BCUT2D eigenvalue weighted by Crippen LogP contribution is -2.43. The summed E-state index contributed by atoms with van der Waals surface area (Å²) < 4.78 is 1.12. The van der Waals surface area contributed by atoms with Gasteiger partial charge in [-0.15, -0.1) is 0 Å². The molecular formula is C19H21BrN2S. The van der Waals surface area contributed by atoms with Gasteiger partial charge >= 0.3 is 0 Å². The lowest BCUT2D eigenvalue weighted by molar-refractivity contribution is 0.512. The molecule has 4 heteroatoms. The average molecular weight is 389 g/mol. The highest BCUT2D eigenvalue weighted by Crippen LogP contribution is 2.51. The highest BCUT2D eigenvalue weighted by molar-refractivity contribution is 9.10. The van der Waals surface area contributed by atoms with Crippen LogP contribution in [0, 0.1) is 6.92 Å². The molecule has 1 atom stereocenters. The second kappa shape index (κ2) is 6.62. The molecule has 0 aliphatic heterocycles. The highest BCUT2D eigenvalue weighted by atomic mass is 79.9. The maximum atomic E-state index is 5.51. The summed E-state index contributed by atoms with van der Waals surface area (Å²) in [5, 5.41) is 7.48. The molecule has 1 aliphatic rings. The van der Waals surface area contributed by atoms with Gasteiger partial charge < -0.3 is 10.6 Å². The third-order valence-corrected chi connectivity index (χ3v) is 5.53. The fraction of sp³-hybridized carbons (Fsp3) is 0.316. The van der Waals surface area contributed by atoms with Gasteiger partial charge in [0.1, 0.15) is 0 Å². The van der Waals surface area contributed by atoms with Crippen molar-refractivity contribution in [3.05, 3.63) is 64.1 Å². The summed E-state index contributed by atoms with van der Waals surface area (Å²) in [4.78, 5) is 0. The second-order valence-electron chi connectivity index (χ2n) is 6.30. The third-order valence-electron chi connectivity index (χ3n) is 4.78. The quantitative estimate of drug-likeness (QED) is 0.706. The fourth-order valence-corrected chi connectivity index (χ4v) is 3.65. The summed E-state index contributed by atoms with van der Waals surface area (Å²) in [6, 6.07) is 17.2. The minimum absolute atomic E-state index is 0.207. The Morgan fingerprint density at radius 1 is 1.13 bits per heavy atom. The van der Waals surface area contributed by atoms with E-state index in [1.165, 1.54) is 24.0 Å². The molecule has 0 amide bonds. The highest BCUT2D eigenvalue weighted by Gasteiger charge is 2.49. The summed E-state index contributed by atoms with van der Waals surface area (Å²) >= 11 is 9.02. The van der Waals surface area contributed by atoms with Gasteiger partial charge in [0.15, 0.2) is 5.11 Å². The molecule has 0 radical (unpaired) electrons. The molecule has 0 heterocycles. The molecule has 1 unspecified atom stereocenters. The van der Waals surface area contributed by atoms with E-state index in [-0.39, 0.29) is 5.41 Å². The van der Waals surface area contributed by atoms with Crippen molar-refractivity contribution in [1.82, 2.24) is 5.32 Å². The average Bonchev–Trinajstić information content (AvgIpc) is 3.32. The van der Waals surface area contributed by atoms with E-state index in [9.17, 15) is 0 Å². The third kappa shape index (κ3) is 3.59. The van der Waals surface area contributed by atoms with Gasteiger partial charge in [-0.25, -0.2) is 0 Å². The van der Waals surface area contributed by atoms with Crippen molar-refractivity contribution in [3.63, 3.8) is 0 Å². The van der Waals surface area contributed by atoms with Crippen molar-refractivity contribution >= 4 is 38.9 Å². The topological polar surface area (TPSA) is 24.1 Å². The molecule has 0 aromatic heterocycles. The minimum atomic E-state index is 0.207. The van der Waals surface area contributed by atoms with Crippen LogP contribution in [-0.4, -0.2) is 11.2 Å². The summed E-state index contributed by atoms with van der Waals surface area (Å²) in [5.41, 5.74) is 3.85. The van der Waals surface area contributed by atoms with Crippen LogP contribution in [-0.2, 0) is 5.41 Å². The molecule has 2 aromatic carbocycles. The smallest absolute Gasteiger partial charge is 0.171 e. The Morgan fingerprint density at radius 3 is 2.39 bits per heavy atom. The Hall–Kier alpha value is -1.39. The van der Waals surface area contributed by atoms with Crippen molar-refractivity contribution in [3.8, 4) is 0 Å². The van der Waals surface area contributed by atoms with E-state index in [0.29, 0.717) is 11.2 Å². The largest absolute Gasteiger partial charge is 0.359 e. The van der Waals surface area contributed by atoms with E-state index in [0.717, 1.165) is 10.2 Å². The van der Waals surface area contributed by atoms with E-state index in [2.05, 4.69) is 76.8 Å². The van der Waals surface area contributed by atoms with Crippen LogP contribution >= 0.6 is 28.1 Å². The summed E-state index contributed by atoms with van der Waals surface area (Å²) in [5.74, 6) is 0. The summed E-state index contributed by atoms with van der Waals surface area (Å²) in [6.07, 6.45) is 2.41. The predicted molar refractivity (Wildman–Crippen MR) is 105 cm³/mol. The molecule has 0 bridgehead atoms. The molecule has 1 saturated carbocycles. The second-order valence-corrected chi connectivity index (χ2v) is 7.62. The van der Waals surface area contributed by atoms with E-state index in [1.54, 1.807) is 0 Å². The molecule has 0 saturated heterocycles. The lowest BCUT2D eigenvalue weighted by Gasteiger charge is -2.27. The Labute approximate surface area is 151 Å². The van der Waals surface area contributed by atoms with Crippen LogP contribution < -0.4 is 10.6 Å². The molecule has 120 valence electrons. The van der Waals surface area contributed by atoms with Crippen LogP contribution in [0.25, 0.3) is 0 Å². The number of benzene rings is 2. The fourth-order valence-electron chi connectivity index (χ4n) is 3.09. The van der Waals surface area contributed by atoms with E-state index >= 15 is 0 Å². The zero-order chi connectivity index (χ0) is 16.4.